The van der Waals surface area contributed by atoms with Gasteiger partial charge >= 0.3 is 5.97 Å². The van der Waals surface area contributed by atoms with Crippen molar-refractivity contribution in [2.24, 2.45) is 0 Å². The first-order chi connectivity index (χ1) is 11.2. The third-order valence-corrected chi connectivity index (χ3v) is 5.14. The normalized spacial score (nSPS) is 12.0. The smallest absolute Gasteiger partial charge is 0.315 e. The van der Waals surface area contributed by atoms with Gasteiger partial charge in [-0.3, -0.25) is 4.79 Å². The number of esters is 1. The monoisotopic (exact) mass is 346 g/mol. The highest BCUT2D eigenvalue weighted by molar-refractivity contribution is 7.90. The Morgan fingerprint density at radius 1 is 0.958 bits per heavy atom. The van der Waals surface area contributed by atoms with Crippen LogP contribution in [-0.2, 0) is 24.8 Å². The molecule has 0 unspecified atom stereocenters. The molecule has 0 spiro atoms. The standard InChI is InChI=1S/C19H22O4S/c1-5-23-18(20)19(2,3)16-10-6-14(7-11-16)15-8-12-17(13-9-15)24(4,21)22/h6-13H,5H2,1-4H3. The van der Waals surface area contributed by atoms with E-state index in [9.17, 15) is 13.2 Å². The van der Waals surface area contributed by atoms with E-state index in [0.29, 0.717) is 11.5 Å². The van der Waals surface area contributed by atoms with Crippen LogP contribution in [0.3, 0.4) is 0 Å². The number of hydrogen-bond donors (Lipinski definition) is 0. The molecule has 2 rings (SSSR count). The quantitative estimate of drug-likeness (QED) is 0.776. The van der Waals surface area contributed by atoms with Crippen LogP contribution in [0, 0.1) is 0 Å². The van der Waals surface area contributed by atoms with Crippen molar-refractivity contribution in [3.8, 4) is 11.1 Å². The van der Waals surface area contributed by atoms with E-state index in [1.807, 2.05) is 38.1 Å². The van der Waals surface area contributed by atoms with E-state index in [1.165, 1.54) is 6.26 Å². The van der Waals surface area contributed by atoms with Gasteiger partial charge in [-0.15, -0.1) is 0 Å². The maximum Gasteiger partial charge on any atom is 0.315 e. The fraction of sp³-hybridized carbons (Fsp3) is 0.316. The van der Waals surface area contributed by atoms with E-state index in [0.717, 1.165) is 16.7 Å². The summed E-state index contributed by atoms with van der Waals surface area (Å²) in [6.45, 7) is 5.81. The molecule has 0 aliphatic rings. The van der Waals surface area contributed by atoms with E-state index >= 15 is 0 Å². The minimum absolute atomic E-state index is 0.254. The number of benzene rings is 2. The van der Waals surface area contributed by atoms with Gasteiger partial charge < -0.3 is 4.74 Å². The Morgan fingerprint density at radius 2 is 1.42 bits per heavy atom. The molecule has 0 saturated carbocycles. The molecule has 0 N–H and O–H groups in total. The lowest BCUT2D eigenvalue weighted by atomic mass is 9.84. The van der Waals surface area contributed by atoms with Crippen molar-refractivity contribution in [1.29, 1.82) is 0 Å². The summed E-state index contributed by atoms with van der Waals surface area (Å²) in [5.41, 5.74) is 2.04. The first-order valence-electron chi connectivity index (χ1n) is 7.74. The maximum atomic E-state index is 12.1. The Kier molecular flexibility index (Phi) is 5.13. The van der Waals surface area contributed by atoms with Gasteiger partial charge in [-0.05, 0) is 49.6 Å². The van der Waals surface area contributed by atoms with E-state index in [4.69, 9.17) is 4.74 Å². The Labute approximate surface area is 143 Å². The maximum absolute atomic E-state index is 12.1. The zero-order chi connectivity index (χ0) is 18.0. The number of carbonyl (C=O) groups is 1. The van der Waals surface area contributed by atoms with Gasteiger partial charge in [0.2, 0.25) is 0 Å². The van der Waals surface area contributed by atoms with Gasteiger partial charge in [0, 0.05) is 6.26 Å². The van der Waals surface area contributed by atoms with Crippen molar-refractivity contribution >= 4 is 15.8 Å². The molecule has 0 bridgehead atoms. The highest BCUT2D eigenvalue weighted by atomic mass is 32.2. The van der Waals surface area contributed by atoms with E-state index < -0.39 is 15.3 Å². The molecular formula is C19H22O4S. The average molecular weight is 346 g/mol. The van der Waals surface area contributed by atoms with Gasteiger partial charge in [-0.1, -0.05) is 36.4 Å². The van der Waals surface area contributed by atoms with Crippen molar-refractivity contribution in [2.75, 3.05) is 12.9 Å². The Morgan fingerprint density at radius 3 is 1.83 bits per heavy atom. The van der Waals surface area contributed by atoms with Crippen LogP contribution < -0.4 is 0 Å². The van der Waals surface area contributed by atoms with Gasteiger partial charge in [0.15, 0.2) is 9.84 Å². The molecule has 5 heteroatoms. The van der Waals surface area contributed by atoms with Crippen LogP contribution in [-0.4, -0.2) is 27.2 Å². The third-order valence-electron chi connectivity index (χ3n) is 4.01. The van der Waals surface area contributed by atoms with Crippen LogP contribution in [0.4, 0.5) is 0 Å². The summed E-state index contributed by atoms with van der Waals surface area (Å²) in [6, 6.07) is 14.4. The van der Waals surface area contributed by atoms with Crippen LogP contribution >= 0.6 is 0 Å². The van der Waals surface area contributed by atoms with Crippen LogP contribution in [0.2, 0.25) is 0 Å². The first-order valence-corrected chi connectivity index (χ1v) is 9.63. The highest BCUT2D eigenvalue weighted by Gasteiger charge is 2.31. The molecule has 128 valence electrons. The summed E-state index contributed by atoms with van der Waals surface area (Å²) >= 11 is 0. The van der Waals surface area contributed by atoms with E-state index in [2.05, 4.69) is 0 Å². The fourth-order valence-electron chi connectivity index (χ4n) is 2.40. The molecule has 2 aromatic carbocycles. The second kappa shape index (κ2) is 6.77. The van der Waals surface area contributed by atoms with Gasteiger partial charge in [-0.25, -0.2) is 8.42 Å². The van der Waals surface area contributed by atoms with Crippen molar-refractivity contribution < 1.29 is 17.9 Å². The molecule has 0 atom stereocenters. The van der Waals surface area contributed by atoms with Gasteiger partial charge in [0.25, 0.3) is 0 Å². The molecular weight excluding hydrogens is 324 g/mol. The highest BCUT2D eigenvalue weighted by Crippen LogP contribution is 2.28. The third kappa shape index (κ3) is 3.85. The molecule has 4 nitrogen and oxygen atoms in total. The molecule has 2 aromatic rings. The molecule has 24 heavy (non-hydrogen) atoms. The molecule has 0 saturated heterocycles. The molecule has 0 amide bonds. The molecule has 0 aromatic heterocycles. The predicted octanol–water partition coefficient (Wildman–Crippen LogP) is 3.60. The fourth-order valence-corrected chi connectivity index (χ4v) is 3.03. The molecule has 0 fully saturated rings. The SMILES string of the molecule is CCOC(=O)C(C)(C)c1ccc(-c2ccc(S(C)(=O)=O)cc2)cc1. The second-order valence-electron chi connectivity index (χ2n) is 6.22. The summed E-state index contributed by atoms with van der Waals surface area (Å²) in [6.07, 6.45) is 1.19. The zero-order valence-electron chi connectivity index (χ0n) is 14.4. The Bertz CT molecular complexity index is 817. The van der Waals surface area contributed by atoms with Crippen LogP contribution in [0.15, 0.2) is 53.4 Å². The molecule has 0 heterocycles. The predicted molar refractivity (Wildman–Crippen MR) is 94.6 cm³/mol. The van der Waals surface area contributed by atoms with E-state index in [-0.39, 0.29) is 5.97 Å². The lowest BCUT2D eigenvalue weighted by Gasteiger charge is -2.23. The minimum Gasteiger partial charge on any atom is -0.465 e. The van der Waals surface area contributed by atoms with Gasteiger partial charge in [-0.2, -0.15) is 0 Å². The van der Waals surface area contributed by atoms with Crippen molar-refractivity contribution in [1.82, 2.24) is 0 Å². The largest absolute Gasteiger partial charge is 0.465 e. The van der Waals surface area contributed by atoms with Crippen molar-refractivity contribution in [2.45, 2.75) is 31.1 Å². The van der Waals surface area contributed by atoms with Crippen LogP contribution in [0.1, 0.15) is 26.3 Å². The summed E-state index contributed by atoms with van der Waals surface area (Å²) < 4.78 is 28.1. The number of ether oxygens (including phenoxy) is 1. The summed E-state index contributed by atoms with van der Waals surface area (Å²) in [5, 5.41) is 0. The lowest BCUT2D eigenvalue weighted by Crippen LogP contribution is -2.31. The second-order valence-corrected chi connectivity index (χ2v) is 8.24. The van der Waals surface area contributed by atoms with Crippen LogP contribution in [0.25, 0.3) is 11.1 Å². The molecule has 0 aliphatic heterocycles. The van der Waals surface area contributed by atoms with Crippen LogP contribution in [0.5, 0.6) is 0 Å². The Hall–Kier alpha value is -2.14. The van der Waals surface area contributed by atoms with E-state index in [1.54, 1.807) is 31.2 Å². The van der Waals surface area contributed by atoms with Crippen molar-refractivity contribution in [3.05, 3.63) is 54.1 Å². The molecule has 0 aliphatic carbocycles. The zero-order valence-corrected chi connectivity index (χ0v) is 15.2. The number of hydrogen-bond acceptors (Lipinski definition) is 4. The van der Waals surface area contributed by atoms with Crippen molar-refractivity contribution in [3.63, 3.8) is 0 Å². The van der Waals surface area contributed by atoms with Gasteiger partial charge in [0.05, 0.1) is 16.9 Å². The molecule has 0 radical (unpaired) electrons. The number of rotatable bonds is 5. The number of sulfone groups is 1. The average Bonchev–Trinajstić information content (AvgIpc) is 2.54. The topological polar surface area (TPSA) is 60.4 Å². The number of carbonyl (C=O) groups excluding carboxylic acids is 1. The Balaban J connectivity index is 2.28. The minimum atomic E-state index is -3.19. The first kappa shape index (κ1) is 18.2. The summed E-state index contributed by atoms with van der Waals surface area (Å²) in [4.78, 5) is 12.4. The van der Waals surface area contributed by atoms with Gasteiger partial charge in [0.1, 0.15) is 0 Å². The summed E-state index contributed by atoms with van der Waals surface area (Å²) in [7, 11) is -3.19. The summed E-state index contributed by atoms with van der Waals surface area (Å²) in [5.74, 6) is -0.254. The lowest BCUT2D eigenvalue weighted by molar-refractivity contribution is -0.148.